The zero-order chi connectivity index (χ0) is 10.8. The Morgan fingerprint density at radius 3 is 2.00 bits per heavy atom. The van der Waals surface area contributed by atoms with E-state index in [0.717, 1.165) is 0 Å². The summed E-state index contributed by atoms with van der Waals surface area (Å²) < 4.78 is 0. The molecule has 0 radical (unpaired) electrons. The Balaban J connectivity index is 0.00000108. The molecule has 0 aromatic heterocycles. The molecule has 0 N–H and O–H groups in total. The first kappa shape index (κ1) is 12.4. The minimum Gasteiger partial charge on any atom is -0.0622 e. The van der Waals surface area contributed by atoms with Gasteiger partial charge in [-0.15, -0.1) is 0 Å². The van der Waals surface area contributed by atoms with Crippen molar-refractivity contribution in [3.63, 3.8) is 0 Å². The van der Waals surface area contributed by atoms with Crippen molar-refractivity contribution in [2.45, 2.75) is 0 Å². The van der Waals surface area contributed by atoms with E-state index in [9.17, 15) is 0 Å². The van der Waals surface area contributed by atoms with Crippen LogP contribution in [0, 0.1) is 0 Å². The average molecular weight is 228 g/mol. The van der Waals surface area contributed by atoms with E-state index in [2.05, 4.69) is 72.8 Å². The first-order valence-electron chi connectivity index (χ1n) is 5.48. The van der Waals surface area contributed by atoms with Crippen LogP contribution in [0.3, 0.4) is 0 Å². The normalized spacial score (nSPS) is 9.88. The fourth-order valence-corrected chi connectivity index (χ4v) is 2.09. The Morgan fingerprint density at radius 1 is 0.529 bits per heavy atom. The summed E-state index contributed by atoms with van der Waals surface area (Å²) in [5, 5.41) is 2.61. The number of benzene rings is 3. The second-order valence-corrected chi connectivity index (χ2v) is 3.89. The molecule has 0 saturated heterocycles. The molecule has 3 aromatic carbocycles. The summed E-state index contributed by atoms with van der Waals surface area (Å²) >= 11 is 0. The molecule has 17 heavy (non-hydrogen) atoms. The molecular formula is C16H13Na. The molecule has 3 aromatic rings. The van der Waals surface area contributed by atoms with E-state index in [-0.39, 0.29) is 29.6 Å². The molecule has 0 aliphatic heterocycles. The van der Waals surface area contributed by atoms with Crippen molar-refractivity contribution in [3.05, 3.63) is 72.8 Å². The van der Waals surface area contributed by atoms with Crippen molar-refractivity contribution in [3.8, 4) is 11.1 Å². The summed E-state index contributed by atoms with van der Waals surface area (Å²) in [5.41, 5.74) is 2.58. The van der Waals surface area contributed by atoms with Crippen LogP contribution in [-0.2, 0) is 0 Å². The molecule has 0 heterocycles. The number of fused-ring (bicyclic) bond motifs is 1. The predicted molar refractivity (Wildman–Crippen MR) is 76.5 cm³/mol. The molecular weight excluding hydrogens is 215 g/mol. The minimum atomic E-state index is 0. The molecule has 78 valence electrons. The molecule has 0 bridgehead atoms. The maximum atomic E-state index is 2.18. The van der Waals surface area contributed by atoms with Crippen molar-refractivity contribution in [1.82, 2.24) is 0 Å². The van der Waals surface area contributed by atoms with Crippen molar-refractivity contribution >= 4 is 40.3 Å². The van der Waals surface area contributed by atoms with Crippen LogP contribution >= 0.6 is 0 Å². The fraction of sp³-hybridized carbons (Fsp3) is 0. The third-order valence-electron chi connectivity index (χ3n) is 2.87. The SMILES string of the molecule is [NaH].c1ccc(-c2cccc3ccccc23)cc1. The van der Waals surface area contributed by atoms with Gasteiger partial charge in [0.25, 0.3) is 0 Å². The second-order valence-electron chi connectivity index (χ2n) is 3.89. The summed E-state index contributed by atoms with van der Waals surface area (Å²) in [4.78, 5) is 0. The maximum absolute atomic E-state index is 2.18. The summed E-state index contributed by atoms with van der Waals surface area (Å²) in [6, 6.07) is 25.5. The summed E-state index contributed by atoms with van der Waals surface area (Å²) in [6.45, 7) is 0. The van der Waals surface area contributed by atoms with Gasteiger partial charge in [-0.3, -0.25) is 0 Å². The van der Waals surface area contributed by atoms with E-state index in [1.165, 1.54) is 21.9 Å². The van der Waals surface area contributed by atoms with Crippen LogP contribution in [-0.4, -0.2) is 29.6 Å². The van der Waals surface area contributed by atoms with Crippen molar-refractivity contribution in [1.29, 1.82) is 0 Å². The second kappa shape index (κ2) is 5.50. The number of rotatable bonds is 1. The molecule has 3 rings (SSSR count). The monoisotopic (exact) mass is 228 g/mol. The van der Waals surface area contributed by atoms with Crippen LogP contribution in [0.5, 0.6) is 0 Å². The van der Waals surface area contributed by atoms with E-state index in [1.807, 2.05) is 0 Å². The predicted octanol–water partition coefficient (Wildman–Crippen LogP) is 3.86. The molecule has 0 nitrogen and oxygen atoms in total. The van der Waals surface area contributed by atoms with Crippen LogP contribution in [0.1, 0.15) is 0 Å². The van der Waals surface area contributed by atoms with Gasteiger partial charge in [0, 0.05) is 0 Å². The molecule has 0 atom stereocenters. The number of hydrogen-bond acceptors (Lipinski definition) is 0. The van der Waals surface area contributed by atoms with Crippen LogP contribution in [0.2, 0.25) is 0 Å². The first-order valence-corrected chi connectivity index (χ1v) is 5.48. The minimum absolute atomic E-state index is 0. The van der Waals surface area contributed by atoms with E-state index < -0.39 is 0 Å². The summed E-state index contributed by atoms with van der Waals surface area (Å²) in [5.74, 6) is 0. The van der Waals surface area contributed by atoms with Gasteiger partial charge in [0.2, 0.25) is 0 Å². The van der Waals surface area contributed by atoms with Gasteiger partial charge in [0.15, 0.2) is 0 Å². The smallest absolute Gasteiger partial charge is 0.0105 e. The van der Waals surface area contributed by atoms with Gasteiger partial charge in [-0.2, -0.15) is 0 Å². The quantitative estimate of drug-likeness (QED) is 0.555. The molecule has 0 aliphatic carbocycles. The van der Waals surface area contributed by atoms with Crippen molar-refractivity contribution in [2.24, 2.45) is 0 Å². The van der Waals surface area contributed by atoms with E-state index in [0.29, 0.717) is 0 Å². The van der Waals surface area contributed by atoms with Crippen LogP contribution < -0.4 is 0 Å². The fourth-order valence-electron chi connectivity index (χ4n) is 2.09. The Labute approximate surface area is 124 Å². The summed E-state index contributed by atoms with van der Waals surface area (Å²) in [6.07, 6.45) is 0. The van der Waals surface area contributed by atoms with Gasteiger partial charge in [-0.05, 0) is 21.9 Å². The molecule has 1 heteroatoms. The third-order valence-corrected chi connectivity index (χ3v) is 2.87. The molecule has 0 aliphatic rings. The molecule has 0 saturated carbocycles. The Hall–Kier alpha value is -1.08. The molecule has 0 unspecified atom stereocenters. The largest absolute Gasteiger partial charge is 0.0622 e. The zero-order valence-electron chi connectivity index (χ0n) is 8.93. The standard InChI is InChI=1S/C16H12.Na.H/c1-2-7-13(8-3-1)16-12-6-10-14-9-4-5-11-15(14)16;;/h1-12H;;. The van der Waals surface area contributed by atoms with Crippen LogP contribution in [0.4, 0.5) is 0 Å². The van der Waals surface area contributed by atoms with E-state index in [1.54, 1.807) is 0 Å². The molecule has 0 spiro atoms. The summed E-state index contributed by atoms with van der Waals surface area (Å²) in [7, 11) is 0. The van der Waals surface area contributed by atoms with E-state index >= 15 is 0 Å². The van der Waals surface area contributed by atoms with Crippen molar-refractivity contribution in [2.75, 3.05) is 0 Å². The van der Waals surface area contributed by atoms with Gasteiger partial charge in [-0.1, -0.05) is 72.8 Å². The first-order chi connectivity index (χ1) is 7.95. The Kier molecular flexibility index (Phi) is 4.01. The Morgan fingerprint density at radius 2 is 1.18 bits per heavy atom. The average Bonchev–Trinajstić information content (AvgIpc) is 2.39. The Bertz CT molecular complexity index is 609. The van der Waals surface area contributed by atoms with Gasteiger partial charge in [-0.25, -0.2) is 0 Å². The van der Waals surface area contributed by atoms with Crippen molar-refractivity contribution < 1.29 is 0 Å². The maximum Gasteiger partial charge on any atom is -0.0105 e. The third kappa shape index (κ3) is 2.44. The van der Waals surface area contributed by atoms with Gasteiger partial charge < -0.3 is 0 Å². The molecule has 0 amide bonds. The van der Waals surface area contributed by atoms with Crippen LogP contribution in [0.25, 0.3) is 21.9 Å². The van der Waals surface area contributed by atoms with E-state index in [4.69, 9.17) is 0 Å². The molecule has 0 fully saturated rings. The number of hydrogen-bond donors (Lipinski definition) is 0. The zero-order valence-corrected chi connectivity index (χ0v) is 8.93. The van der Waals surface area contributed by atoms with Gasteiger partial charge >= 0.3 is 29.6 Å². The topological polar surface area (TPSA) is 0 Å². The van der Waals surface area contributed by atoms with Gasteiger partial charge in [0.1, 0.15) is 0 Å². The van der Waals surface area contributed by atoms with Crippen LogP contribution in [0.15, 0.2) is 72.8 Å². The van der Waals surface area contributed by atoms with Gasteiger partial charge in [0.05, 0.1) is 0 Å².